The molecule has 0 bridgehead atoms. The lowest BCUT2D eigenvalue weighted by Crippen LogP contribution is -1.94. The first-order valence-corrected chi connectivity index (χ1v) is 14.3. The van der Waals surface area contributed by atoms with Crippen LogP contribution in [0.25, 0.3) is 77.0 Å². The van der Waals surface area contributed by atoms with Gasteiger partial charge in [0, 0.05) is 38.3 Å². The van der Waals surface area contributed by atoms with Crippen molar-refractivity contribution in [1.82, 2.24) is 14.1 Å². The Morgan fingerprint density at radius 3 is 1.74 bits per heavy atom. The molecule has 0 spiro atoms. The molecule has 0 saturated carbocycles. The summed E-state index contributed by atoms with van der Waals surface area (Å²) in [6, 6.07) is 52.2. The fourth-order valence-electron chi connectivity index (χ4n) is 6.68. The Hall–Kier alpha value is -5.67. The van der Waals surface area contributed by atoms with Gasteiger partial charge in [-0.1, -0.05) is 91.0 Å². The second kappa shape index (κ2) is 8.92. The van der Waals surface area contributed by atoms with E-state index >= 15 is 0 Å². The van der Waals surface area contributed by atoms with Crippen LogP contribution in [0.2, 0.25) is 0 Å². The van der Waals surface area contributed by atoms with Crippen LogP contribution in [0.3, 0.4) is 0 Å². The minimum absolute atomic E-state index is 1.01. The number of nitrogens with zero attached hydrogens (tertiary/aromatic N) is 3. The molecule has 3 aromatic heterocycles. The first-order valence-electron chi connectivity index (χ1n) is 14.3. The standard InChI is InChI=1S/C39H25N3/c1-3-11-28(12-4-1)41-35-18-10-8-15-30(35)31-21-19-27(24-37(31)41)26-20-22-36-33(23-26)39-32-16-7-9-17-34(32)40-25-38(39)42(36)29-13-5-2-6-14-29/h1-25H. The highest BCUT2D eigenvalue weighted by Crippen LogP contribution is 2.39. The largest absolute Gasteiger partial charge is 0.309 e. The Labute approximate surface area is 242 Å². The van der Waals surface area contributed by atoms with Gasteiger partial charge in [-0.2, -0.15) is 0 Å². The molecule has 0 atom stereocenters. The van der Waals surface area contributed by atoms with Crippen LogP contribution in [-0.4, -0.2) is 14.1 Å². The summed E-state index contributed by atoms with van der Waals surface area (Å²) in [4.78, 5) is 4.84. The van der Waals surface area contributed by atoms with Crippen molar-refractivity contribution in [3.8, 4) is 22.5 Å². The zero-order valence-electron chi connectivity index (χ0n) is 22.8. The fourth-order valence-corrected chi connectivity index (χ4v) is 6.68. The first-order chi connectivity index (χ1) is 20.8. The van der Waals surface area contributed by atoms with Crippen molar-refractivity contribution >= 4 is 54.5 Å². The predicted molar refractivity (Wildman–Crippen MR) is 176 cm³/mol. The molecular formula is C39H25N3. The quantitative estimate of drug-likeness (QED) is 0.221. The molecule has 0 N–H and O–H groups in total. The van der Waals surface area contributed by atoms with Gasteiger partial charge in [-0.05, 0) is 65.7 Å². The van der Waals surface area contributed by atoms with Crippen LogP contribution in [0.15, 0.2) is 152 Å². The van der Waals surface area contributed by atoms with Crippen LogP contribution in [0.1, 0.15) is 0 Å². The smallest absolute Gasteiger partial charge is 0.0730 e. The maximum atomic E-state index is 4.84. The molecule has 0 aliphatic rings. The third kappa shape index (κ3) is 3.31. The maximum absolute atomic E-state index is 4.84. The van der Waals surface area contributed by atoms with Crippen molar-refractivity contribution in [2.45, 2.75) is 0 Å². The molecule has 9 aromatic rings. The Bertz CT molecular complexity index is 2450. The van der Waals surface area contributed by atoms with Gasteiger partial charge in [0.25, 0.3) is 0 Å². The predicted octanol–water partition coefficient (Wildman–Crippen LogP) is 10.1. The number of para-hydroxylation sites is 4. The molecule has 0 unspecified atom stereocenters. The second-order valence-corrected chi connectivity index (χ2v) is 10.9. The summed E-state index contributed by atoms with van der Waals surface area (Å²) in [6.07, 6.45) is 2.02. The molecule has 0 saturated heterocycles. The molecule has 0 radical (unpaired) electrons. The van der Waals surface area contributed by atoms with Gasteiger partial charge in [0.2, 0.25) is 0 Å². The third-order valence-electron chi connectivity index (χ3n) is 8.54. The van der Waals surface area contributed by atoms with E-state index in [0.29, 0.717) is 0 Å². The van der Waals surface area contributed by atoms with Crippen LogP contribution >= 0.6 is 0 Å². The number of rotatable bonds is 3. The van der Waals surface area contributed by atoms with Gasteiger partial charge >= 0.3 is 0 Å². The zero-order valence-corrected chi connectivity index (χ0v) is 22.8. The van der Waals surface area contributed by atoms with Gasteiger partial charge in [-0.25, -0.2) is 0 Å². The monoisotopic (exact) mass is 535 g/mol. The van der Waals surface area contributed by atoms with E-state index in [-0.39, 0.29) is 0 Å². The van der Waals surface area contributed by atoms with Crippen LogP contribution in [-0.2, 0) is 0 Å². The van der Waals surface area contributed by atoms with Gasteiger partial charge in [0.15, 0.2) is 0 Å². The van der Waals surface area contributed by atoms with E-state index in [1.54, 1.807) is 0 Å². The molecule has 3 heterocycles. The lowest BCUT2D eigenvalue weighted by Gasteiger charge is -2.10. The summed E-state index contributed by atoms with van der Waals surface area (Å²) in [6.45, 7) is 0. The molecule has 3 heteroatoms. The topological polar surface area (TPSA) is 22.8 Å². The summed E-state index contributed by atoms with van der Waals surface area (Å²) in [5.74, 6) is 0. The van der Waals surface area contributed by atoms with Crippen molar-refractivity contribution in [2.24, 2.45) is 0 Å². The molecule has 0 aliphatic carbocycles. The van der Waals surface area contributed by atoms with E-state index in [2.05, 4.69) is 155 Å². The summed E-state index contributed by atoms with van der Waals surface area (Å²) >= 11 is 0. The molecule has 6 aromatic carbocycles. The third-order valence-corrected chi connectivity index (χ3v) is 8.54. The lowest BCUT2D eigenvalue weighted by molar-refractivity contribution is 1.17. The first kappa shape index (κ1) is 23.1. The Balaban J connectivity index is 1.34. The number of aromatic nitrogens is 3. The minimum atomic E-state index is 1.01. The normalized spacial score (nSPS) is 11.8. The molecule has 42 heavy (non-hydrogen) atoms. The van der Waals surface area contributed by atoms with E-state index in [1.807, 2.05) is 6.20 Å². The Morgan fingerprint density at radius 2 is 0.952 bits per heavy atom. The minimum Gasteiger partial charge on any atom is -0.309 e. The molecule has 0 fully saturated rings. The van der Waals surface area contributed by atoms with Crippen LogP contribution in [0, 0.1) is 0 Å². The highest BCUT2D eigenvalue weighted by Gasteiger charge is 2.17. The number of hydrogen-bond acceptors (Lipinski definition) is 1. The SMILES string of the molecule is c1ccc(-n2c3ccccc3c3ccc(-c4ccc5c(c4)c4c6ccccc6ncc4n5-c4ccccc4)cc32)cc1. The van der Waals surface area contributed by atoms with Crippen LogP contribution < -0.4 is 0 Å². The second-order valence-electron chi connectivity index (χ2n) is 10.9. The number of benzene rings is 6. The summed E-state index contributed by atoms with van der Waals surface area (Å²) in [5, 5.41) is 6.17. The van der Waals surface area contributed by atoms with E-state index < -0.39 is 0 Å². The van der Waals surface area contributed by atoms with Crippen molar-refractivity contribution in [3.63, 3.8) is 0 Å². The van der Waals surface area contributed by atoms with Crippen molar-refractivity contribution in [2.75, 3.05) is 0 Å². The molecule has 9 rings (SSSR count). The van der Waals surface area contributed by atoms with E-state index in [9.17, 15) is 0 Å². The molecule has 3 nitrogen and oxygen atoms in total. The summed E-state index contributed by atoms with van der Waals surface area (Å²) in [7, 11) is 0. The number of pyridine rings is 1. The van der Waals surface area contributed by atoms with Gasteiger partial charge in [-0.15, -0.1) is 0 Å². The van der Waals surface area contributed by atoms with Gasteiger partial charge in [0.05, 0.1) is 33.8 Å². The average Bonchev–Trinajstić information content (AvgIpc) is 3.58. The van der Waals surface area contributed by atoms with Crippen LogP contribution in [0.4, 0.5) is 0 Å². The van der Waals surface area contributed by atoms with Crippen molar-refractivity contribution in [1.29, 1.82) is 0 Å². The van der Waals surface area contributed by atoms with Crippen molar-refractivity contribution < 1.29 is 0 Å². The molecular weight excluding hydrogens is 510 g/mol. The van der Waals surface area contributed by atoms with Gasteiger partial charge in [-0.3, -0.25) is 4.98 Å². The maximum Gasteiger partial charge on any atom is 0.0730 e. The van der Waals surface area contributed by atoms with Gasteiger partial charge < -0.3 is 9.13 Å². The van der Waals surface area contributed by atoms with Crippen molar-refractivity contribution in [3.05, 3.63) is 152 Å². The Kier molecular flexibility index (Phi) is 4.90. The van der Waals surface area contributed by atoms with E-state index in [4.69, 9.17) is 4.98 Å². The molecule has 0 amide bonds. The summed E-state index contributed by atoms with van der Waals surface area (Å²) in [5.41, 5.74) is 10.4. The highest BCUT2D eigenvalue weighted by molar-refractivity contribution is 6.21. The molecule has 196 valence electrons. The van der Waals surface area contributed by atoms with E-state index in [1.165, 1.54) is 60.3 Å². The lowest BCUT2D eigenvalue weighted by atomic mass is 10.00. The molecule has 0 aliphatic heterocycles. The summed E-state index contributed by atoms with van der Waals surface area (Å²) < 4.78 is 4.72. The average molecular weight is 536 g/mol. The zero-order chi connectivity index (χ0) is 27.6. The number of fused-ring (bicyclic) bond motifs is 8. The van der Waals surface area contributed by atoms with Gasteiger partial charge in [0.1, 0.15) is 0 Å². The Morgan fingerprint density at radius 1 is 0.381 bits per heavy atom. The highest BCUT2D eigenvalue weighted by atomic mass is 15.0. The van der Waals surface area contributed by atoms with Crippen LogP contribution in [0.5, 0.6) is 0 Å². The van der Waals surface area contributed by atoms with E-state index in [0.717, 1.165) is 16.7 Å². The fraction of sp³-hybridized carbons (Fsp3) is 0. The number of hydrogen-bond donors (Lipinski definition) is 0.